The molecule has 2 heteroatoms. The summed E-state index contributed by atoms with van der Waals surface area (Å²) in [7, 11) is 1.68. The molecule has 0 aromatic heterocycles. The highest BCUT2D eigenvalue weighted by Crippen LogP contribution is 2.28. The van der Waals surface area contributed by atoms with Crippen LogP contribution in [0.25, 0.3) is 0 Å². The van der Waals surface area contributed by atoms with Gasteiger partial charge < -0.3 is 10.5 Å². The molecular formula is C16H19NO. The molecule has 18 heavy (non-hydrogen) atoms. The topological polar surface area (TPSA) is 35.2 Å². The van der Waals surface area contributed by atoms with Gasteiger partial charge in [-0.05, 0) is 36.2 Å². The Bertz CT molecular complexity index is 464. The molecule has 1 atom stereocenters. The molecule has 2 N–H and O–H groups in total. The number of benzene rings is 2. The van der Waals surface area contributed by atoms with Crippen molar-refractivity contribution < 1.29 is 4.74 Å². The van der Waals surface area contributed by atoms with Crippen LogP contribution in [0.3, 0.4) is 0 Å². The minimum Gasteiger partial charge on any atom is -0.497 e. The van der Waals surface area contributed by atoms with E-state index < -0.39 is 0 Å². The van der Waals surface area contributed by atoms with Gasteiger partial charge in [0, 0.05) is 5.92 Å². The first-order chi connectivity index (χ1) is 8.85. The summed E-state index contributed by atoms with van der Waals surface area (Å²) in [5.74, 6) is 1.25. The summed E-state index contributed by atoms with van der Waals surface area (Å²) in [4.78, 5) is 0. The maximum atomic E-state index is 5.74. The number of rotatable bonds is 5. The van der Waals surface area contributed by atoms with Gasteiger partial charge in [-0.25, -0.2) is 0 Å². The predicted octanol–water partition coefficient (Wildman–Crippen LogP) is 3.18. The standard InChI is InChI=1S/C16H19NO/c1-18-15-9-7-14(8-10-15)16(11-12-17)13-5-3-2-4-6-13/h2-10,16H,11-12,17H2,1H3/t16-/m1/s1. The lowest BCUT2D eigenvalue weighted by atomic mass is 9.88. The molecule has 2 rings (SSSR count). The van der Waals surface area contributed by atoms with Crippen LogP contribution in [0.2, 0.25) is 0 Å². The Morgan fingerprint density at radius 1 is 0.944 bits per heavy atom. The van der Waals surface area contributed by atoms with E-state index in [1.165, 1.54) is 11.1 Å². The molecule has 0 spiro atoms. The predicted molar refractivity (Wildman–Crippen MR) is 75.0 cm³/mol. The van der Waals surface area contributed by atoms with E-state index in [4.69, 9.17) is 10.5 Å². The van der Waals surface area contributed by atoms with Gasteiger partial charge in [0.1, 0.15) is 5.75 Å². The smallest absolute Gasteiger partial charge is 0.118 e. The molecule has 2 nitrogen and oxygen atoms in total. The molecule has 0 heterocycles. The number of hydrogen-bond acceptors (Lipinski definition) is 2. The average Bonchev–Trinajstić information content (AvgIpc) is 2.46. The first-order valence-corrected chi connectivity index (χ1v) is 6.24. The number of ether oxygens (including phenoxy) is 1. The van der Waals surface area contributed by atoms with Crippen LogP contribution in [0, 0.1) is 0 Å². The lowest BCUT2D eigenvalue weighted by Gasteiger charge is -2.17. The van der Waals surface area contributed by atoms with E-state index in [9.17, 15) is 0 Å². The normalized spacial score (nSPS) is 12.1. The van der Waals surface area contributed by atoms with Crippen LogP contribution in [0.1, 0.15) is 23.5 Å². The van der Waals surface area contributed by atoms with Crippen molar-refractivity contribution in [3.63, 3.8) is 0 Å². The summed E-state index contributed by atoms with van der Waals surface area (Å²) in [5, 5.41) is 0. The molecule has 2 aromatic rings. The van der Waals surface area contributed by atoms with Crippen molar-refractivity contribution in [2.24, 2.45) is 5.73 Å². The van der Waals surface area contributed by atoms with Gasteiger partial charge in [0.2, 0.25) is 0 Å². The molecule has 0 aliphatic heterocycles. The van der Waals surface area contributed by atoms with Gasteiger partial charge in [0.25, 0.3) is 0 Å². The number of methoxy groups -OCH3 is 1. The Morgan fingerprint density at radius 3 is 2.11 bits per heavy atom. The van der Waals surface area contributed by atoms with Gasteiger partial charge >= 0.3 is 0 Å². The Kier molecular flexibility index (Phi) is 4.37. The van der Waals surface area contributed by atoms with Crippen molar-refractivity contribution in [3.05, 3.63) is 65.7 Å². The lowest BCUT2D eigenvalue weighted by molar-refractivity contribution is 0.414. The van der Waals surface area contributed by atoms with E-state index in [0.29, 0.717) is 12.5 Å². The summed E-state index contributed by atoms with van der Waals surface area (Å²) >= 11 is 0. The summed E-state index contributed by atoms with van der Waals surface area (Å²) in [6.07, 6.45) is 0.955. The quantitative estimate of drug-likeness (QED) is 0.872. The van der Waals surface area contributed by atoms with Crippen molar-refractivity contribution in [2.75, 3.05) is 13.7 Å². The molecule has 0 amide bonds. The van der Waals surface area contributed by atoms with Crippen molar-refractivity contribution in [1.29, 1.82) is 0 Å². The fourth-order valence-corrected chi connectivity index (χ4v) is 2.21. The third kappa shape index (κ3) is 2.90. The Hall–Kier alpha value is -1.80. The van der Waals surface area contributed by atoms with Crippen LogP contribution in [0.4, 0.5) is 0 Å². The van der Waals surface area contributed by atoms with Crippen LogP contribution in [0.15, 0.2) is 54.6 Å². The zero-order valence-corrected chi connectivity index (χ0v) is 10.7. The van der Waals surface area contributed by atoms with Crippen molar-refractivity contribution >= 4 is 0 Å². The van der Waals surface area contributed by atoms with Gasteiger partial charge in [-0.1, -0.05) is 42.5 Å². The maximum absolute atomic E-state index is 5.74. The molecule has 0 bridgehead atoms. The minimum atomic E-state index is 0.363. The van der Waals surface area contributed by atoms with Crippen LogP contribution in [-0.4, -0.2) is 13.7 Å². The van der Waals surface area contributed by atoms with Crippen LogP contribution < -0.4 is 10.5 Å². The van der Waals surface area contributed by atoms with Crippen LogP contribution >= 0.6 is 0 Å². The maximum Gasteiger partial charge on any atom is 0.118 e. The molecule has 0 saturated carbocycles. The molecule has 2 aromatic carbocycles. The minimum absolute atomic E-state index is 0.363. The molecule has 0 fully saturated rings. The second-order valence-corrected chi connectivity index (χ2v) is 4.31. The molecule has 0 radical (unpaired) electrons. The fourth-order valence-electron chi connectivity index (χ4n) is 2.21. The second-order valence-electron chi connectivity index (χ2n) is 4.31. The molecular weight excluding hydrogens is 222 g/mol. The highest BCUT2D eigenvalue weighted by molar-refractivity contribution is 5.35. The highest BCUT2D eigenvalue weighted by atomic mass is 16.5. The molecule has 0 saturated heterocycles. The monoisotopic (exact) mass is 241 g/mol. The molecule has 0 unspecified atom stereocenters. The largest absolute Gasteiger partial charge is 0.497 e. The Morgan fingerprint density at radius 2 is 1.56 bits per heavy atom. The number of hydrogen-bond donors (Lipinski definition) is 1. The van der Waals surface area contributed by atoms with E-state index in [1.807, 2.05) is 18.2 Å². The van der Waals surface area contributed by atoms with Crippen molar-refractivity contribution in [3.8, 4) is 5.75 Å². The van der Waals surface area contributed by atoms with E-state index in [2.05, 4.69) is 36.4 Å². The van der Waals surface area contributed by atoms with Gasteiger partial charge in [-0.3, -0.25) is 0 Å². The summed E-state index contributed by atoms with van der Waals surface area (Å²) in [6.45, 7) is 0.686. The first kappa shape index (κ1) is 12.7. The van der Waals surface area contributed by atoms with Crippen molar-refractivity contribution in [1.82, 2.24) is 0 Å². The summed E-state index contributed by atoms with van der Waals surface area (Å²) < 4.78 is 5.19. The van der Waals surface area contributed by atoms with E-state index in [0.717, 1.165) is 12.2 Å². The third-order valence-electron chi connectivity index (χ3n) is 3.18. The zero-order valence-electron chi connectivity index (χ0n) is 10.7. The lowest BCUT2D eigenvalue weighted by Crippen LogP contribution is -2.08. The fraction of sp³-hybridized carbons (Fsp3) is 0.250. The molecule has 94 valence electrons. The summed E-state index contributed by atoms with van der Waals surface area (Å²) in [6, 6.07) is 18.7. The summed E-state index contributed by atoms with van der Waals surface area (Å²) in [5.41, 5.74) is 8.33. The molecule has 0 aliphatic rings. The third-order valence-corrected chi connectivity index (χ3v) is 3.18. The van der Waals surface area contributed by atoms with E-state index >= 15 is 0 Å². The van der Waals surface area contributed by atoms with Gasteiger partial charge in [-0.2, -0.15) is 0 Å². The molecule has 0 aliphatic carbocycles. The van der Waals surface area contributed by atoms with Crippen LogP contribution in [-0.2, 0) is 0 Å². The highest BCUT2D eigenvalue weighted by Gasteiger charge is 2.12. The van der Waals surface area contributed by atoms with Crippen molar-refractivity contribution in [2.45, 2.75) is 12.3 Å². The second kappa shape index (κ2) is 6.22. The van der Waals surface area contributed by atoms with E-state index in [-0.39, 0.29) is 0 Å². The van der Waals surface area contributed by atoms with Crippen LogP contribution in [0.5, 0.6) is 5.75 Å². The average molecular weight is 241 g/mol. The zero-order chi connectivity index (χ0) is 12.8. The Labute approximate surface area is 108 Å². The Balaban J connectivity index is 2.29. The van der Waals surface area contributed by atoms with Gasteiger partial charge in [0.05, 0.1) is 7.11 Å². The first-order valence-electron chi connectivity index (χ1n) is 6.24. The van der Waals surface area contributed by atoms with Gasteiger partial charge in [0.15, 0.2) is 0 Å². The number of nitrogens with two attached hydrogens (primary N) is 1. The van der Waals surface area contributed by atoms with Gasteiger partial charge in [-0.15, -0.1) is 0 Å². The SMILES string of the molecule is COc1ccc([C@H](CCN)c2ccccc2)cc1. The van der Waals surface area contributed by atoms with E-state index in [1.54, 1.807) is 7.11 Å².